The molecule has 27 heavy (non-hydrogen) atoms. The van der Waals surface area contributed by atoms with Crippen molar-refractivity contribution in [2.75, 3.05) is 6.61 Å². The zero-order chi connectivity index (χ0) is 19.0. The fraction of sp³-hybridized carbons (Fsp3) is 0.318. The van der Waals surface area contributed by atoms with Crippen molar-refractivity contribution in [1.29, 1.82) is 0 Å². The molecule has 1 amide bonds. The average Bonchev–Trinajstić information content (AvgIpc) is 2.98. The second-order valence-electron chi connectivity index (χ2n) is 7.10. The van der Waals surface area contributed by atoms with Crippen LogP contribution >= 0.6 is 0 Å². The Morgan fingerprint density at radius 2 is 2.11 bits per heavy atom. The molecule has 0 spiro atoms. The highest BCUT2D eigenvalue weighted by Crippen LogP contribution is 2.36. The molecular weight excluding hydrogens is 345 g/mol. The smallest absolute Gasteiger partial charge is 0.221 e. The number of hydrogen-bond acceptors (Lipinski definition) is 3. The minimum absolute atomic E-state index is 0.0322. The summed E-state index contributed by atoms with van der Waals surface area (Å²) in [5.41, 5.74) is 2.57. The van der Waals surface area contributed by atoms with Crippen LogP contribution in [0.25, 0.3) is 11.0 Å². The number of fused-ring (bicyclic) bond motifs is 2. The van der Waals surface area contributed by atoms with E-state index in [9.17, 15) is 9.18 Å². The number of furan rings is 1. The quantitative estimate of drug-likeness (QED) is 0.705. The van der Waals surface area contributed by atoms with Gasteiger partial charge in [-0.2, -0.15) is 0 Å². The van der Waals surface area contributed by atoms with E-state index in [1.54, 1.807) is 6.07 Å². The molecule has 3 aromatic rings. The van der Waals surface area contributed by atoms with Gasteiger partial charge in [-0.25, -0.2) is 4.39 Å². The molecule has 0 radical (unpaired) electrons. The maximum Gasteiger partial charge on any atom is 0.221 e. The summed E-state index contributed by atoms with van der Waals surface area (Å²) in [6, 6.07) is 12.0. The topological polar surface area (TPSA) is 51.5 Å². The molecule has 0 bridgehead atoms. The Morgan fingerprint density at radius 1 is 1.30 bits per heavy atom. The zero-order valence-electron chi connectivity index (χ0n) is 15.4. The van der Waals surface area contributed by atoms with Gasteiger partial charge >= 0.3 is 0 Å². The fourth-order valence-corrected chi connectivity index (χ4v) is 3.84. The van der Waals surface area contributed by atoms with Gasteiger partial charge in [0.15, 0.2) is 0 Å². The van der Waals surface area contributed by atoms with Crippen molar-refractivity contribution < 1.29 is 18.3 Å². The van der Waals surface area contributed by atoms with Crippen molar-refractivity contribution in [1.82, 2.24) is 5.32 Å². The minimum atomic E-state index is -0.298. The Kier molecular flexibility index (Phi) is 4.60. The van der Waals surface area contributed by atoms with Gasteiger partial charge in [0.05, 0.1) is 12.6 Å². The number of hydrogen-bond donors (Lipinski definition) is 1. The number of aryl methyl sites for hydroxylation is 1. The van der Waals surface area contributed by atoms with E-state index in [0.29, 0.717) is 24.4 Å². The van der Waals surface area contributed by atoms with Crippen LogP contribution in [0.5, 0.6) is 5.75 Å². The largest absolute Gasteiger partial charge is 0.493 e. The van der Waals surface area contributed by atoms with Gasteiger partial charge in [0.1, 0.15) is 22.9 Å². The maximum atomic E-state index is 13.5. The van der Waals surface area contributed by atoms with Crippen LogP contribution in [0.2, 0.25) is 0 Å². The third-order valence-corrected chi connectivity index (χ3v) is 5.22. The molecular formula is C22H22FNO3. The normalized spacial score (nSPS) is 17.2. The molecule has 1 N–H and O–H groups in total. The second kappa shape index (κ2) is 7.06. The van der Waals surface area contributed by atoms with Crippen molar-refractivity contribution in [3.63, 3.8) is 0 Å². The van der Waals surface area contributed by atoms with Crippen LogP contribution in [-0.4, -0.2) is 12.5 Å². The Morgan fingerprint density at radius 3 is 2.96 bits per heavy atom. The molecule has 2 aromatic carbocycles. The number of nitrogens with one attached hydrogen (secondary N) is 1. The van der Waals surface area contributed by atoms with Gasteiger partial charge < -0.3 is 14.5 Å². The molecule has 2 heterocycles. The number of benzene rings is 2. The molecule has 4 nitrogen and oxygen atoms in total. The van der Waals surface area contributed by atoms with E-state index in [4.69, 9.17) is 9.15 Å². The first-order chi connectivity index (χ1) is 13.0. The first kappa shape index (κ1) is 17.6. The van der Waals surface area contributed by atoms with Gasteiger partial charge in [-0.3, -0.25) is 4.79 Å². The highest BCUT2D eigenvalue weighted by atomic mass is 19.1. The Bertz CT molecular complexity index is 994. The van der Waals surface area contributed by atoms with Crippen molar-refractivity contribution in [2.45, 2.75) is 38.6 Å². The average molecular weight is 367 g/mol. The van der Waals surface area contributed by atoms with Crippen molar-refractivity contribution >= 4 is 16.9 Å². The maximum absolute atomic E-state index is 13.5. The zero-order valence-corrected chi connectivity index (χ0v) is 15.4. The van der Waals surface area contributed by atoms with E-state index in [2.05, 4.69) is 5.32 Å². The van der Waals surface area contributed by atoms with E-state index in [0.717, 1.165) is 28.7 Å². The molecule has 0 fully saturated rings. The van der Waals surface area contributed by atoms with E-state index in [-0.39, 0.29) is 23.7 Å². The van der Waals surface area contributed by atoms with Gasteiger partial charge in [0, 0.05) is 17.4 Å². The summed E-state index contributed by atoms with van der Waals surface area (Å²) < 4.78 is 25.0. The van der Waals surface area contributed by atoms with Crippen LogP contribution in [0.1, 0.15) is 48.6 Å². The number of amides is 1. The summed E-state index contributed by atoms with van der Waals surface area (Å²) in [4.78, 5) is 12.6. The van der Waals surface area contributed by atoms with Crippen LogP contribution in [0.4, 0.5) is 4.39 Å². The summed E-state index contributed by atoms with van der Waals surface area (Å²) in [6.07, 6.45) is 1.22. The van der Waals surface area contributed by atoms with Crippen LogP contribution in [-0.2, 0) is 4.79 Å². The van der Waals surface area contributed by atoms with Crippen LogP contribution < -0.4 is 10.1 Å². The van der Waals surface area contributed by atoms with E-state index in [1.807, 2.05) is 38.1 Å². The van der Waals surface area contributed by atoms with Crippen LogP contribution in [0.3, 0.4) is 0 Å². The third kappa shape index (κ3) is 3.42. The first-order valence-electron chi connectivity index (χ1n) is 9.22. The van der Waals surface area contributed by atoms with Gasteiger partial charge in [-0.15, -0.1) is 0 Å². The number of ether oxygens (including phenoxy) is 1. The van der Waals surface area contributed by atoms with Crippen molar-refractivity contribution in [3.05, 3.63) is 65.2 Å². The molecule has 4 rings (SSSR count). The monoisotopic (exact) mass is 367 g/mol. The first-order valence-corrected chi connectivity index (χ1v) is 9.22. The number of carbonyl (C=O) groups excluding carboxylic acids is 1. The summed E-state index contributed by atoms with van der Waals surface area (Å²) in [5, 5.41) is 3.76. The van der Waals surface area contributed by atoms with Gasteiger partial charge in [-0.05, 0) is 56.0 Å². The Balaban J connectivity index is 1.48. The SMILES string of the molecule is Cc1c(C(C)NC(=O)CC2CCOc3ccccc32)oc2ccc(F)cc12. The number of para-hydroxylation sites is 1. The molecule has 2 atom stereocenters. The predicted molar refractivity (Wildman–Crippen MR) is 101 cm³/mol. The summed E-state index contributed by atoms with van der Waals surface area (Å²) in [5.74, 6) is 1.34. The van der Waals surface area contributed by atoms with Crippen LogP contribution in [0, 0.1) is 12.7 Å². The lowest BCUT2D eigenvalue weighted by Gasteiger charge is -2.25. The van der Waals surface area contributed by atoms with Crippen molar-refractivity contribution in [3.8, 4) is 5.75 Å². The van der Waals surface area contributed by atoms with Gasteiger partial charge in [-0.1, -0.05) is 18.2 Å². The Labute approximate surface area is 157 Å². The third-order valence-electron chi connectivity index (χ3n) is 5.22. The molecule has 0 saturated heterocycles. The number of halogens is 1. The number of carbonyl (C=O) groups is 1. The molecule has 0 saturated carbocycles. The molecule has 5 heteroatoms. The lowest BCUT2D eigenvalue weighted by Crippen LogP contribution is -2.29. The molecule has 2 unspecified atom stereocenters. The highest BCUT2D eigenvalue weighted by molar-refractivity contribution is 5.83. The van der Waals surface area contributed by atoms with E-state index < -0.39 is 0 Å². The highest BCUT2D eigenvalue weighted by Gasteiger charge is 2.25. The predicted octanol–water partition coefficient (Wildman–Crippen LogP) is 5.01. The van der Waals surface area contributed by atoms with Crippen molar-refractivity contribution in [2.24, 2.45) is 0 Å². The summed E-state index contributed by atoms with van der Waals surface area (Å²) in [7, 11) is 0. The molecule has 1 aliphatic heterocycles. The van der Waals surface area contributed by atoms with Crippen LogP contribution in [0.15, 0.2) is 46.9 Å². The van der Waals surface area contributed by atoms with E-state index >= 15 is 0 Å². The molecule has 0 aliphatic carbocycles. The van der Waals surface area contributed by atoms with Gasteiger partial charge in [0.2, 0.25) is 5.91 Å². The molecule has 1 aliphatic rings. The number of rotatable bonds is 4. The standard InChI is InChI=1S/C22H22FNO3/c1-13-18-12-16(23)7-8-20(18)27-22(13)14(2)24-21(25)11-15-9-10-26-19-6-4-3-5-17(15)19/h3-8,12,14-15H,9-11H2,1-2H3,(H,24,25). The minimum Gasteiger partial charge on any atom is -0.493 e. The molecule has 1 aromatic heterocycles. The van der Waals surface area contributed by atoms with E-state index in [1.165, 1.54) is 12.1 Å². The lowest BCUT2D eigenvalue weighted by molar-refractivity contribution is -0.122. The lowest BCUT2D eigenvalue weighted by atomic mass is 9.90. The second-order valence-corrected chi connectivity index (χ2v) is 7.10. The summed E-state index contributed by atoms with van der Waals surface area (Å²) >= 11 is 0. The Hall–Kier alpha value is -2.82. The molecule has 140 valence electrons. The van der Waals surface area contributed by atoms with Gasteiger partial charge in [0.25, 0.3) is 0 Å². The summed E-state index contributed by atoms with van der Waals surface area (Å²) in [6.45, 7) is 4.40. The fourth-order valence-electron chi connectivity index (χ4n) is 3.84.